The smallest absolute Gasteiger partial charge is 0.264 e. The fraction of sp³-hybridized carbons (Fsp3) is 0.290. The molecule has 9 heteroatoms. The third kappa shape index (κ3) is 5.33. The summed E-state index contributed by atoms with van der Waals surface area (Å²) in [4.78, 5) is 57.0. The van der Waals surface area contributed by atoms with Gasteiger partial charge in [0.2, 0.25) is 11.8 Å². The topological polar surface area (TPSA) is 119 Å². The van der Waals surface area contributed by atoms with Crippen LogP contribution in [-0.2, 0) is 19.2 Å². The number of para-hydroxylation sites is 4. The van der Waals surface area contributed by atoms with E-state index < -0.39 is 41.8 Å². The Morgan fingerprint density at radius 2 is 1.20 bits per heavy atom. The van der Waals surface area contributed by atoms with Crippen LogP contribution in [0.2, 0.25) is 0 Å². The van der Waals surface area contributed by atoms with Gasteiger partial charge in [-0.1, -0.05) is 61.4 Å². The standard InChI is InChI=1S/C31H32N4O5/c1-20(32-29(38)27(36)21-12-8-9-13-21)28(37)33-26-30(39)34(22-14-4-2-5-15-22)24-18-10-11-19-25(24)35(31(26)40)23-16-6-3-7-17-23/h2-7,10-11,14-21,26-27,36H,8-9,12-13H2,1H3,(H,32,38)(H,33,37)/t20-,27?/m0/s1. The Balaban J connectivity index is 1.48. The van der Waals surface area contributed by atoms with Crippen LogP contribution < -0.4 is 20.4 Å². The van der Waals surface area contributed by atoms with Gasteiger partial charge >= 0.3 is 0 Å². The number of aliphatic hydroxyl groups excluding tert-OH is 1. The maximum absolute atomic E-state index is 14.1. The molecular weight excluding hydrogens is 508 g/mol. The first-order valence-electron chi connectivity index (χ1n) is 13.5. The molecule has 1 aliphatic carbocycles. The maximum Gasteiger partial charge on any atom is 0.264 e. The van der Waals surface area contributed by atoms with Gasteiger partial charge in [-0.25, -0.2) is 0 Å². The van der Waals surface area contributed by atoms with Crippen LogP contribution in [0.4, 0.5) is 22.7 Å². The number of fused-ring (bicyclic) bond motifs is 1. The molecule has 5 rings (SSSR count). The number of benzene rings is 3. The third-order valence-corrected chi connectivity index (χ3v) is 7.48. The van der Waals surface area contributed by atoms with Crippen molar-refractivity contribution in [3.8, 4) is 0 Å². The van der Waals surface area contributed by atoms with Gasteiger partial charge in [-0.2, -0.15) is 0 Å². The molecule has 206 valence electrons. The highest BCUT2D eigenvalue weighted by Gasteiger charge is 2.43. The molecule has 1 heterocycles. The number of nitrogens with zero attached hydrogens (tertiary/aromatic N) is 2. The molecule has 4 amide bonds. The second-order valence-electron chi connectivity index (χ2n) is 10.2. The minimum atomic E-state index is -1.58. The SMILES string of the molecule is C[C@H](NC(=O)C(O)C1CCCC1)C(=O)NC1C(=O)N(c2ccccc2)c2ccccc2N(c2ccccc2)C1=O. The van der Waals surface area contributed by atoms with Crippen LogP contribution in [0.25, 0.3) is 0 Å². The summed E-state index contributed by atoms with van der Waals surface area (Å²) in [7, 11) is 0. The van der Waals surface area contributed by atoms with Crippen molar-refractivity contribution < 1.29 is 24.3 Å². The molecule has 0 bridgehead atoms. The Morgan fingerprint density at radius 1 is 0.750 bits per heavy atom. The van der Waals surface area contributed by atoms with Crippen LogP contribution in [0.3, 0.4) is 0 Å². The van der Waals surface area contributed by atoms with Gasteiger partial charge in [0.25, 0.3) is 11.8 Å². The Hall–Kier alpha value is -4.50. The predicted molar refractivity (Wildman–Crippen MR) is 151 cm³/mol. The average Bonchev–Trinajstić information content (AvgIpc) is 3.50. The van der Waals surface area contributed by atoms with Crippen molar-refractivity contribution in [3.05, 3.63) is 84.9 Å². The zero-order valence-electron chi connectivity index (χ0n) is 22.2. The summed E-state index contributed by atoms with van der Waals surface area (Å²) in [5.41, 5.74) is 2.02. The number of hydrogen-bond donors (Lipinski definition) is 3. The molecule has 0 radical (unpaired) electrons. The highest BCUT2D eigenvalue weighted by Crippen LogP contribution is 2.41. The van der Waals surface area contributed by atoms with Crippen LogP contribution in [0.5, 0.6) is 0 Å². The summed E-state index contributed by atoms with van der Waals surface area (Å²) in [5, 5.41) is 15.6. The molecule has 0 aromatic heterocycles. The van der Waals surface area contributed by atoms with Gasteiger partial charge in [0.15, 0.2) is 6.04 Å². The lowest BCUT2D eigenvalue weighted by Crippen LogP contribution is -2.58. The van der Waals surface area contributed by atoms with Crippen molar-refractivity contribution in [2.75, 3.05) is 9.80 Å². The minimum absolute atomic E-state index is 0.141. The summed E-state index contributed by atoms with van der Waals surface area (Å²) in [6.07, 6.45) is 2.21. The zero-order valence-corrected chi connectivity index (χ0v) is 22.2. The normalized spacial score (nSPS) is 17.6. The van der Waals surface area contributed by atoms with E-state index in [4.69, 9.17) is 0 Å². The summed E-state index contributed by atoms with van der Waals surface area (Å²) in [6.45, 7) is 1.46. The second-order valence-corrected chi connectivity index (χ2v) is 10.2. The van der Waals surface area contributed by atoms with Crippen molar-refractivity contribution in [1.29, 1.82) is 0 Å². The number of hydrogen-bond acceptors (Lipinski definition) is 5. The highest BCUT2D eigenvalue weighted by molar-refractivity contribution is 6.25. The Bertz CT molecular complexity index is 1310. The molecule has 3 N–H and O–H groups in total. The van der Waals surface area contributed by atoms with Crippen molar-refractivity contribution in [2.24, 2.45) is 5.92 Å². The quantitative estimate of drug-likeness (QED) is 0.396. The van der Waals surface area contributed by atoms with Crippen molar-refractivity contribution in [2.45, 2.75) is 50.8 Å². The van der Waals surface area contributed by atoms with E-state index in [1.54, 1.807) is 72.8 Å². The van der Waals surface area contributed by atoms with Crippen LogP contribution in [0.1, 0.15) is 32.6 Å². The number of carbonyl (C=O) groups is 4. The Morgan fingerprint density at radius 3 is 1.68 bits per heavy atom. The molecule has 1 saturated carbocycles. The summed E-state index contributed by atoms with van der Waals surface area (Å²) >= 11 is 0. The van der Waals surface area contributed by atoms with Gasteiger partial charge in [-0.15, -0.1) is 0 Å². The van der Waals surface area contributed by atoms with E-state index in [9.17, 15) is 24.3 Å². The number of anilines is 4. The molecule has 2 aliphatic rings. The van der Waals surface area contributed by atoms with E-state index in [1.165, 1.54) is 16.7 Å². The third-order valence-electron chi connectivity index (χ3n) is 7.48. The summed E-state index contributed by atoms with van der Waals surface area (Å²) in [5.74, 6) is -2.78. The van der Waals surface area contributed by atoms with Crippen molar-refractivity contribution in [1.82, 2.24) is 10.6 Å². The van der Waals surface area contributed by atoms with E-state index >= 15 is 0 Å². The fourth-order valence-electron chi connectivity index (χ4n) is 5.37. The average molecular weight is 541 g/mol. The lowest BCUT2D eigenvalue weighted by molar-refractivity contribution is -0.137. The molecular formula is C31H32N4O5. The molecule has 1 fully saturated rings. The van der Waals surface area contributed by atoms with E-state index in [2.05, 4.69) is 10.6 Å². The van der Waals surface area contributed by atoms with Crippen LogP contribution in [0.15, 0.2) is 84.9 Å². The number of amides is 4. The maximum atomic E-state index is 14.1. The van der Waals surface area contributed by atoms with E-state index in [1.807, 2.05) is 12.1 Å². The lowest BCUT2D eigenvalue weighted by Gasteiger charge is -2.26. The molecule has 3 aromatic rings. The van der Waals surface area contributed by atoms with Crippen molar-refractivity contribution >= 4 is 46.4 Å². The first-order valence-corrected chi connectivity index (χ1v) is 13.5. The molecule has 2 atom stereocenters. The largest absolute Gasteiger partial charge is 0.383 e. The van der Waals surface area contributed by atoms with Crippen LogP contribution >= 0.6 is 0 Å². The van der Waals surface area contributed by atoms with Gasteiger partial charge in [0, 0.05) is 11.4 Å². The Labute approximate surface area is 232 Å². The monoisotopic (exact) mass is 540 g/mol. The summed E-state index contributed by atoms with van der Waals surface area (Å²) < 4.78 is 0. The highest BCUT2D eigenvalue weighted by atomic mass is 16.3. The second kappa shape index (κ2) is 11.7. The predicted octanol–water partition coefficient (Wildman–Crippen LogP) is 3.57. The fourth-order valence-corrected chi connectivity index (χ4v) is 5.37. The van der Waals surface area contributed by atoms with Crippen LogP contribution in [-0.4, -0.2) is 46.9 Å². The van der Waals surface area contributed by atoms with Gasteiger partial charge < -0.3 is 15.7 Å². The zero-order chi connectivity index (χ0) is 28.2. The van der Waals surface area contributed by atoms with Gasteiger partial charge in [-0.05, 0) is 62.1 Å². The molecule has 0 spiro atoms. The van der Waals surface area contributed by atoms with Crippen molar-refractivity contribution in [3.63, 3.8) is 0 Å². The van der Waals surface area contributed by atoms with E-state index in [0.717, 1.165) is 25.7 Å². The molecule has 40 heavy (non-hydrogen) atoms. The lowest BCUT2D eigenvalue weighted by atomic mass is 10.00. The molecule has 1 unspecified atom stereocenters. The first-order chi connectivity index (χ1) is 19.4. The van der Waals surface area contributed by atoms with Gasteiger partial charge in [0.05, 0.1) is 11.4 Å². The van der Waals surface area contributed by atoms with Gasteiger partial charge in [-0.3, -0.25) is 29.0 Å². The molecule has 9 nitrogen and oxygen atoms in total. The van der Waals surface area contributed by atoms with E-state index in [0.29, 0.717) is 22.7 Å². The molecule has 0 saturated heterocycles. The van der Waals surface area contributed by atoms with E-state index in [-0.39, 0.29) is 5.92 Å². The number of aliphatic hydroxyl groups is 1. The minimum Gasteiger partial charge on any atom is -0.383 e. The summed E-state index contributed by atoms with van der Waals surface area (Å²) in [6, 6.07) is 22.2. The first kappa shape index (κ1) is 27.1. The van der Waals surface area contributed by atoms with Crippen LogP contribution in [0, 0.1) is 5.92 Å². The molecule has 1 aliphatic heterocycles. The number of nitrogens with one attached hydrogen (secondary N) is 2. The number of rotatable bonds is 7. The molecule has 3 aromatic carbocycles. The Kier molecular flexibility index (Phi) is 7.93. The number of carbonyl (C=O) groups excluding carboxylic acids is 4. The van der Waals surface area contributed by atoms with Gasteiger partial charge in [0.1, 0.15) is 12.1 Å².